The first-order valence-corrected chi connectivity index (χ1v) is 46.4. The fourth-order valence-electron chi connectivity index (χ4n) is 18.4. The molecule has 0 radical (unpaired) electrons. The highest BCUT2D eigenvalue weighted by Crippen LogP contribution is 2.41. The average molecular weight is 1840 g/mol. The number of nitrogen functional groups attached to an aromatic ring is 6. The number of hydrogen-bond donors (Lipinski definition) is 8. The van der Waals surface area contributed by atoms with Crippen LogP contribution in [0.15, 0.2) is 94.7 Å². The first kappa shape index (κ1) is 87.6. The second-order valence-electron chi connectivity index (χ2n) is 34.5. The van der Waals surface area contributed by atoms with E-state index in [1.165, 1.54) is 128 Å². The van der Waals surface area contributed by atoms with Crippen molar-refractivity contribution in [3.63, 3.8) is 0 Å². The molecule has 0 bridgehead atoms. The number of rotatable bonds is 12. The molecule has 124 heavy (non-hydrogen) atoms. The molecule has 12 aromatic heterocycles. The number of aromatic nitrogens is 18. The number of morpholine rings is 2. The summed E-state index contributed by atoms with van der Waals surface area (Å²) in [6.07, 6.45) is 42.6. The molecule has 4 aliphatic carbocycles. The van der Waals surface area contributed by atoms with Gasteiger partial charge in [0.1, 0.15) is 50.2 Å². The minimum absolute atomic E-state index is 0.173. The Morgan fingerprint density at radius 3 is 1.22 bits per heavy atom. The third-order valence-electron chi connectivity index (χ3n) is 25.5. The van der Waals surface area contributed by atoms with Gasteiger partial charge in [0.05, 0.1) is 73.8 Å². The molecule has 1 aromatic carbocycles. The second-order valence-corrected chi connectivity index (χ2v) is 36.4. The summed E-state index contributed by atoms with van der Waals surface area (Å²) in [4.78, 5) is 37.8. The third kappa shape index (κ3) is 20.0. The summed E-state index contributed by atoms with van der Waals surface area (Å²) < 4.78 is 22.8. The van der Waals surface area contributed by atoms with E-state index >= 15 is 0 Å². The molecule has 13 aromatic rings. The van der Waals surface area contributed by atoms with Crippen LogP contribution in [0.25, 0.3) is 46.0 Å². The van der Waals surface area contributed by atoms with Gasteiger partial charge in [-0.25, -0.2) is 29.9 Å². The molecule has 4 aliphatic heterocycles. The third-order valence-corrected chi connectivity index (χ3v) is 27.4. The standard InChI is InChI=1S/C20H22N4.2C17H25N5O.C13H17BrN4.C11H15BrN6.C11H15ClN6/c21-19-13-18(16-9-5-2-6-10-16)23-20-17(14-22-24(19)20)12-11-15-7-3-1-4-8-15;2*18-16-10-15(13-4-2-1-3-5-13)20-17-14(11-19-22(16)17)12-21-6-8-23-9-7-21;1-8-7-16-18-12(15)10(14)11(17-13(8)18)9-5-3-2-4-6-9;2*1-6-4-15-18-9(14)8(12)11(16-10(6)18)17-3-2-7(13)5-17/h1,3-4,7-8,11-14,16H,2,5-6,9-10,21H2;2*10-11,13H,1-9,12,18H2;7,9H,2-6,15H2,1H3;2*4,7H,2-3,5,13-14H2,1H3/b12-11+;;;;;/t;;;;2*7-/m....00/s1. The minimum Gasteiger partial charge on any atom is -0.384 e. The van der Waals surface area contributed by atoms with Crippen LogP contribution in [0.2, 0.25) is 5.02 Å². The summed E-state index contributed by atoms with van der Waals surface area (Å²) in [5.74, 6) is 7.47. The Labute approximate surface area is 744 Å². The van der Waals surface area contributed by atoms with Gasteiger partial charge in [-0.1, -0.05) is 125 Å². The maximum atomic E-state index is 6.28. The quantitative estimate of drug-likeness (QED) is 0.0563. The topological polar surface area (TPSA) is 421 Å². The Balaban J connectivity index is 0.000000110. The second kappa shape index (κ2) is 40.2. The maximum absolute atomic E-state index is 6.28. The van der Waals surface area contributed by atoms with E-state index in [-0.39, 0.29) is 12.1 Å². The van der Waals surface area contributed by atoms with Crippen molar-refractivity contribution >= 4 is 136 Å². The van der Waals surface area contributed by atoms with E-state index in [1.807, 2.05) is 82.0 Å². The Hall–Kier alpha value is -9.91. The normalized spacial score (nSPS) is 19.3. The van der Waals surface area contributed by atoms with Crippen LogP contribution in [-0.4, -0.2) is 188 Å². The van der Waals surface area contributed by atoms with Crippen LogP contribution in [-0.2, 0) is 22.6 Å². The molecular formula is C89H119Br2ClN30O2. The Morgan fingerprint density at radius 1 is 0.395 bits per heavy atom. The summed E-state index contributed by atoms with van der Waals surface area (Å²) >= 11 is 13.4. The highest BCUT2D eigenvalue weighted by Gasteiger charge is 2.31. The van der Waals surface area contributed by atoms with E-state index in [0.717, 1.165) is 215 Å². The molecule has 16 N–H and O–H groups in total. The fourth-order valence-corrected chi connectivity index (χ4v) is 19.7. The average Bonchev–Trinajstić information content (AvgIpc) is 1.63. The van der Waals surface area contributed by atoms with Gasteiger partial charge in [-0.05, 0) is 128 Å². The van der Waals surface area contributed by atoms with E-state index < -0.39 is 0 Å². The van der Waals surface area contributed by atoms with Crippen molar-refractivity contribution < 1.29 is 9.47 Å². The number of ether oxygens (including phenoxy) is 2. The zero-order chi connectivity index (χ0) is 86.1. The number of hydrogen-bond acceptors (Lipinski definition) is 26. The monoisotopic (exact) mass is 1830 g/mol. The first-order valence-electron chi connectivity index (χ1n) is 44.4. The number of aryl methyl sites for hydroxylation is 3. The number of anilines is 8. The molecule has 32 nitrogen and oxygen atoms in total. The number of benzene rings is 1. The Morgan fingerprint density at radius 2 is 0.774 bits per heavy atom. The van der Waals surface area contributed by atoms with Gasteiger partial charge in [-0.3, -0.25) is 9.80 Å². The van der Waals surface area contributed by atoms with E-state index in [9.17, 15) is 0 Å². The molecule has 16 heterocycles. The van der Waals surface area contributed by atoms with Crippen LogP contribution in [0, 0.1) is 20.8 Å². The van der Waals surface area contributed by atoms with Gasteiger partial charge in [0, 0.05) is 170 Å². The van der Waals surface area contributed by atoms with Gasteiger partial charge < -0.3 is 65.1 Å². The van der Waals surface area contributed by atoms with Crippen molar-refractivity contribution in [3.8, 4) is 0 Å². The molecule has 4 saturated carbocycles. The summed E-state index contributed by atoms with van der Waals surface area (Å²) in [7, 11) is 0. The van der Waals surface area contributed by atoms with Gasteiger partial charge >= 0.3 is 0 Å². The van der Waals surface area contributed by atoms with Gasteiger partial charge in [0.2, 0.25) is 0 Å². The predicted octanol–water partition coefficient (Wildman–Crippen LogP) is 14.1. The zero-order valence-corrected chi connectivity index (χ0v) is 75.5. The van der Waals surface area contributed by atoms with Crippen molar-refractivity contribution in [1.29, 1.82) is 0 Å². The van der Waals surface area contributed by atoms with Gasteiger partial charge in [-0.15, -0.1) is 0 Å². The van der Waals surface area contributed by atoms with Crippen LogP contribution in [0.4, 0.5) is 46.5 Å². The maximum Gasteiger partial charge on any atom is 0.164 e. The van der Waals surface area contributed by atoms with Crippen molar-refractivity contribution in [2.45, 2.75) is 211 Å². The van der Waals surface area contributed by atoms with E-state index in [1.54, 1.807) is 39.5 Å². The van der Waals surface area contributed by atoms with Crippen LogP contribution in [0.5, 0.6) is 0 Å². The fraction of sp³-hybridized carbons (Fsp3) is 0.506. The zero-order valence-electron chi connectivity index (χ0n) is 71.6. The van der Waals surface area contributed by atoms with Crippen LogP contribution in [0.1, 0.15) is 227 Å². The summed E-state index contributed by atoms with van der Waals surface area (Å²) in [5, 5.41) is 26.4. The molecule has 8 fully saturated rings. The molecule has 4 saturated heterocycles. The molecule has 2 atom stereocenters. The largest absolute Gasteiger partial charge is 0.384 e. The van der Waals surface area contributed by atoms with Crippen molar-refractivity contribution in [2.75, 3.05) is 123 Å². The Bertz CT molecular complexity index is 5470. The lowest BCUT2D eigenvalue weighted by Gasteiger charge is -2.26. The van der Waals surface area contributed by atoms with Gasteiger partial charge in [0.15, 0.2) is 39.7 Å². The SMILES string of the molecule is Cc1cnn2c(N)c(Br)c(C3CCCCC3)nc12.Cc1cnn2c(N)c(Br)c(N3CC[C@H](N)C3)nc12.Cc1cnn2c(N)c(Cl)c(N3CC[C@H](N)C3)nc12.Nc1cc(C2CCCCC2)nc2c(/C=C/c3ccccc3)cnn12.Nc1cc(C2CCCCC2)nc2c(CN3CCOCC3)cnn12.Nc1cc(C2CCCCC2)nc2c(CN3CCOCC3)cnn12. The molecule has 0 spiro atoms. The molecular weight excluding hydrogens is 1720 g/mol. The lowest BCUT2D eigenvalue weighted by molar-refractivity contribution is 0.0342. The number of halogens is 3. The van der Waals surface area contributed by atoms with Crippen molar-refractivity contribution in [1.82, 2.24) is 97.4 Å². The van der Waals surface area contributed by atoms with Crippen molar-refractivity contribution in [3.05, 3.63) is 161 Å². The van der Waals surface area contributed by atoms with Gasteiger partial charge in [-0.2, -0.15) is 57.7 Å². The highest BCUT2D eigenvalue weighted by atomic mass is 79.9. The molecule has 658 valence electrons. The minimum atomic E-state index is 0.173. The highest BCUT2D eigenvalue weighted by molar-refractivity contribution is 9.11. The lowest BCUT2D eigenvalue weighted by atomic mass is 9.87. The Kier molecular flexibility index (Phi) is 28.4. The number of nitrogens with zero attached hydrogens (tertiary/aromatic N) is 22. The van der Waals surface area contributed by atoms with E-state index in [4.69, 9.17) is 86.9 Å². The van der Waals surface area contributed by atoms with Gasteiger partial charge in [0.25, 0.3) is 0 Å². The van der Waals surface area contributed by atoms with E-state index in [2.05, 4.69) is 116 Å². The number of nitrogens with two attached hydrogens (primary N) is 8. The molecule has 0 unspecified atom stereocenters. The lowest BCUT2D eigenvalue weighted by Crippen LogP contribution is -2.35. The summed E-state index contributed by atoms with van der Waals surface area (Å²) in [5.41, 5.74) is 66.0. The smallest absolute Gasteiger partial charge is 0.164 e. The predicted molar refractivity (Wildman–Crippen MR) is 499 cm³/mol. The molecule has 8 aliphatic rings. The first-order chi connectivity index (χ1) is 60.3. The molecule has 21 rings (SSSR count). The summed E-state index contributed by atoms with van der Waals surface area (Å²) in [6.45, 7) is 18.1. The van der Waals surface area contributed by atoms with Crippen molar-refractivity contribution in [2.24, 2.45) is 11.5 Å². The molecule has 35 heteroatoms. The summed E-state index contributed by atoms with van der Waals surface area (Å²) in [6, 6.07) is 16.7. The van der Waals surface area contributed by atoms with E-state index in [0.29, 0.717) is 69.4 Å². The number of fused-ring (bicyclic) bond motifs is 6. The van der Waals surface area contributed by atoms with Crippen LogP contribution < -0.4 is 55.7 Å². The van der Waals surface area contributed by atoms with Crippen LogP contribution >= 0.6 is 43.5 Å². The van der Waals surface area contributed by atoms with Crippen LogP contribution in [0.3, 0.4) is 0 Å². The molecule has 0 amide bonds.